The summed E-state index contributed by atoms with van der Waals surface area (Å²) >= 11 is 1.48. The van der Waals surface area contributed by atoms with Crippen LogP contribution in [0.4, 0.5) is 5.69 Å². The molecule has 134 valence electrons. The minimum Gasteiger partial charge on any atom is -0.378 e. The summed E-state index contributed by atoms with van der Waals surface area (Å²) < 4.78 is 10.7. The fraction of sp³-hybridized carbons (Fsp3) is 0.333. The van der Waals surface area contributed by atoms with Crippen LogP contribution in [0.2, 0.25) is 0 Å². The Kier molecular flexibility index (Phi) is 5.12. The van der Waals surface area contributed by atoms with Crippen molar-refractivity contribution in [2.45, 2.75) is 17.8 Å². The highest BCUT2D eigenvalue weighted by Crippen LogP contribution is 2.24. The summed E-state index contributed by atoms with van der Waals surface area (Å²) in [5.41, 5.74) is 3.07. The molecule has 0 unspecified atom stereocenters. The van der Waals surface area contributed by atoms with Gasteiger partial charge in [0.25, 0.3) is 0 Å². The minimum atomic E-state index is 0.544. The molecule has 1 aliphatic heterocycles. The summed E-state index contributed by atoms with van der Waals surface area (Å²) in [6.45, 7) is 5.33. The molecule has 0 saturated carbocycles. The van der Waals surface area contributed by atoms with Gasteiger partial charge in [-0.15, -0.1) is 0 Å². The predicted molar refractivity (Wildman–Crippen MR) is 99.1 cm³/mol. The number of hydrogen-bond acceptors (Lipinski definition) is 8. The largest absolute Gasteiger partial charge is 0.378 e. The van der Waals surface area contributed by atoms with Crippen LogP contribution in [0.5, 0.6) is 0 Å². The summed E-state index contributed by atoms with van der Waals surface area (Å²) in [6, 6.07) is 10.1. The van der Waals surface area contributed by atoms with E-state index in [0.717, 1.165) is 37.6 Å². The lowest BCUT2D eigenvalue weighted by atomic mass is 10.2. The molecule has 0 aliphatic carbocycles. The van der Waals surface area contributed by atoms with Crippen molar-refractivity contribution in [3.63, 3.8) is 0 Å². The van der Waals surface area contributed by atoms with E-state index in [-0.39, 0.29) is 0 Å². The Morgan fingerprint density at radius 1 is 1.08 bits per heavy atom. The molecule has 1 fully saturated rings. The number of aromatic nitrogens is 4. The second-order valence-electron chi connectivity index (χ2n) is 5.93. The monoisotopic (exact) mass is 369 g/mol. The molecule has 2 aromatic heterocycles. The van der Waals surface area contributed by atoms with Crippen LogP contribution in [0.3, 0.4) is 0 Å². The van der Waals surface area contributed by atoms with Gasteiger partial charge in [0, 0.05) is 36.2 Å². The number of rotatable bonds is 5. The number of aryl methyl sites for hydroxylation is 1. The molecule has 1 aromatic carbocycles. The fourth-order valence-corrected chi connectivity index (χ4v) is 3.41. The summed E-state index contributed by atoms with van der Waals surface area (Å²) in [5, 5.41) is 4.79. The fourth-order valence-electron chi connectivity index (χ4n) is 2.70. The lowest BCUT2D eigenvalue weighted by Crippen LogP contribution is -2.36. The summed E-state index contributed by atoms with van der Waals surface area (Å²) in [7, 11) is 0. The van der Waals surface area contributed by atoms with Crippen LogP contribution in [-0.2, 0) is 10.5 Å². The number of morpholine rings is 1. The van der Waals surface area contributed by atoms with Crippen molar-refractivity contribution in [3.05, 3.63) is 48.1 Å². The first-order valence-corrected chi connectivity index (χ1v) is 9.45. The molecule has 7 nitrogen and oxygen atoms in total. The normalized spacial score (nSPS) is 14.6. The number of hydrogen-bond donors (Lipinski definition) is 0. The molecule has 0 amide bonds. The Bertz CT molecular complexity index is 862. The maximum Gasteiger partial charge on any atom is 0.237 e. The molecule has 0 atom stereocenters. The van der Waals surface area contributed by atoms with Crippen LogP contribution in [-0.4, -0.2) is 46.4 Å². The third kappa shape index (κ3) is 4.03. The SMILES string of the molecule is Cc1ccnc(SCc2nc(-c3ccc(N4CCOCC4)cc3)no2)n1. The van der Waals surface area contributed by atoms with Crippen molar-refractivity contribution >= 4 is 17.4 Å². The average Bonchev–Trinajstić information content (AvgIpc) is 3.16. The Balaban J connectivity index is 1.40. The maximum atomic E-state index is 5.39. The molecule has 0 radical (unpaired) electrons. The standard InChI is InChI=1S/C18H19N5O2S/c1-13-6-7-19-18(20-13)26-12-16-21-17(22-25-16)14-2-4-15(5-3-14)23-8-10-24-11-9-23/h2-7H,8-12H2,1H3. The van der Waals surface area contributed by atoms with Gasteiger partial charge < -0.3 is 14.2 Å². The van der Waals surface area contributed by atoms with Crippen LogP contribution in [0.15, 0.2) is 46.2 Å². The minimum absolute atomic E-state index is 0.544. The summed E-state index contributed by atoms with van der Waals surface area (Å²) in [5.74, 6) is 1.70. The van der Waals surface area contributed by atoms with Gasteiger partial charge in [-0.05, 0) is 37.3 Å². The van der Waals surface area contributed by atoms with Gasteiger partial charge in [0.05, 0.1) is 19.0 Å². The first-order valence-electron chi connectivity index (χ1n) is 8.46. The van der Waals surface area contributed by atoms with E-state index in [1.807, 2.05) is 25.1 Å². The van der Waals surface area contributed by atoms with E-state index in [1.165, 1.54) is 17.4 Å². The second-order valence-corrected chi connectivity index (χ2v) is 6.87. The van der Waals surface area contributed by atoms with Gasteiger partial charge in [0.2, 0.25) is 11.7 Å². The quantitative estimate of drug-likeness (QED) is 0.502. The van der Waals surface area contributed by atoms with Gasteiger partial charge in [-0.3, -0.25) is 0 Å². The average molecular weight is 369 g/mol. The Morgan fingerprint density at radius 3 is 2.65 bits per heavy atom. The van der Waals surface area contributed by atoms with Crippen molar-refractivity contribution in [2.75, 3.05) is 31.2 Å². The van der Waals surface area contributed by atoms with Crippen LogP contribution >= 0.6 is 11.8 Å². The van der Waals surface area contributed by atoms with Crippen molar-refractivity contribution in [2.24, 2.45) is 0 Å². The smallest absolute Gasteiger partial charge is 0.237 e. The molecular weight excluding hydrogens is 350 g/mol. The van der Waals surface area contributed by atoms with Crippen molar-refractivity contribution in [1.29, 1.82) is 0 Å². The van der Waals surface area contributed by atoms with E-state index in [9.17, 15) is 0 Å². The topological polar surface area (TPSA) is 77.2 Å². The number of nitrogens with zero attached hydrogens (tertiary/aromatic N) is 5. The Hall–Kier alpha value is -2.45. The van der Waals surface area contributed by atoms with Crippen LogP contribution in [0.1, 0.15) is 11.6 Å². The zero-order chi connectivity index (χ0) is 17.8. The number of anilines is 1. The molecule has 3 heterocycles. The van der Waals surface area contributed by atoms with Crippen molar-refractivity contribution < 1.29 is 9.26 Å². The highest BCUT2D eigenvalue weighted by molar-refractivity contribution is 7.98. The first kappa shape index (κ1) is 17.0. The third-order valence-corrected chi connectivity index (χ3v) is 4.91. The van der Waals surface area contributed by atoms with Crippen molar-refractivity contribution in [1.82, 2.24) is 20.1 Å². The van der Waals surface area contributed by atoms with E-state index < -0.39 is 0 Å². The molecule has 26 heavy (non-hydrogen) atoms. The molecule has 8 heteroatoms. The van der Waals surface area contributed by atoms with Crippen LogP contribution in [0.25, 0.3) is 11.4 Å². The van der Waals surface area contributed by atoms with Gasteiger partial charge >= 0.3 is 0 Å². The highest BCUT2D eigenvalue weighted by Gasteiger charge is 2.13. The van der Waals surface area contributed by atoms with E-state index in [1.54, 1.807) is 6.20 Å². The molecule has 1 aliphatic rings. The van der Waals surface area contributed by atoms with Gasteiger partial charge in [-0.1, -0.05) is 16.9 Å². The van der Waals surface area contributed by atoms with E-state index in [0.29, 0.717) is 22.6 Å². The summed E-state index contributed by atoms with van der Waals surface area (Å²) in [6.07, 6.45) is 1.75. The van der Waals surface area contributed by atoms with Crippen molar-refractivity contribution in [3.8, 4) is 11.4 Å². The molecule has 3 aromatic rings. The van der Waals surface area contributed by atoms with E-state index >= 15 is 0 Å². The predicted octanol–water partition coefficient (Wildman–Crippen LogP) is 2.96. The maximum absolute atomic E-state index is 5.39. The third-order valence-electron chi connectivity index (χ3n) is 4.07. The Morgan fingerprint density at radius 2 is 1.88 bits per heavy atom. The van der Waals surface area contributed by atoms with Gasteiger partial charge in [-0.25, -0.2) is 9.97 Å². The zero-order valence-corrected chi connectivity index (χ0v) is 15.3. The molecule has 1 saturated heterocycles. The number of benzene rings is 1. The van der Waals surface area contributed by atoms with Gasteiger partial charge in [-0.2, -0.15) is 4.98 Å². The van der Waals surface area contributed by atoms with E-state index in [2.05, 4.69) is 37.1 Å². The lowest BCUT2D eigenvalue weighted by molar-refractivity contribution is 0.122. The highest BCUT2D eigenvalue weighted by atomic mass is 32.2. The molecular formula is C18H19N5O2S. The zero-order valence-electron chi connectivity index (χ0n) is 14.5. The second kappa shape index (κ2) is 7.84. The first-order chi connectivity index (χ1) is 12.8. The van der Waals surface area contributed by atoms with Gasteiger partial charge in [0.15, 0.2) is 5.16 Å². The molecule has 0 spiro atoms. The molecule has 0 bridgehead atoms. The molecule has 0 N–H and O–H groups in total. The van der Waals surface area contributed by atoms with E-state index in [4.69, 9.17) is 9.26 Å². The number of ether oxygens (including phenoxy) is 1. The van der Waals surface area contributed by atoms with Gasteiger partial charge in [0.1, 0.15) is 0 Å². The number of thioether (sulfide) groups is 1. The van der Waals surface area contributed by atoms with Crippen LogP contribution in [0, 0.1) is 6.92 Å². The summed E-state index contributed by atoms with van der Waals surface area (Å²) in [4.78, 5) is 15.4. The lowest BCUT2D eigenvalue weighted by Gasteiger charge is -2.28. The van der Waals surface area contributed by atoms with Crippen LogP contribution < -0.4 is 4.90 Å². The Labute approximate surface area is 155 Å². The molecule has 4 rings (SSSR count).